The lowest BCUT2D eigenvalue weighted by Gasteiger charge is -2.11. The highest BCUT2D eigenvalue weighted by Crippen LogP contribution is 2.25. The van der Waals surface area contributed by atoms with Gasteiger partial charge in [-0.15, -0.1) is 11.3 Å². The number of amides is 2. The fraction of sp³-hybridized carbons (Fsp3) is 0.0556. The van der Waals surface area contributed by atoms with Gasteiger partial charge in [0.05, 0.1) is 23.3 Å². The maximum Gasteiger partial charge on any atom is 0.261 e. The maximum absolute atomic E-state index is 12.4. The second-order valence-corrected chi connectivity index (χ2v) is 6.44. The predicted octanol–water partition coefficient (Wildman–Crippen LogP) is 4.31. The molecule has 6 nitrogen and oxygen atoms in total. The molecule has 3 rings (SSSR count). The molecular weight excluding hydrogens is 374 g/mol. The molecule has 8 heteroatoms. The second kappa shape index (κ2) is 7.99. The van der Waals surface area contributed by atoms with Crippen LogP contribution < -0.4 is 15.4 Å². The number of carbonyl (C=O) groups excluding carboxylic acids is 2. The molecule has 3 aromatic rings. The van der Waals surface area contributed by atoms with Crippen LogP contribution >= 0.6 is 22.9 Å². The lowest BCUT2D eigenvalue weighted by Crippen LogP contribution is -2.15. The molecule has 26 heavy (non-hydrogen) atoms. The van der Waals surface area contributed by atoms with Crippen LogP contribution in [0.2, 0.25) is 5.02 Å². The van der Waals surface area contributed by atoms with Crippen LogP contribution in [0.15, 0.2) is 54.0 Å². The van der Waals surface area contributed by atoms with E-state index in [9.17, 15) is 9.59 Å². The van der Waals surface area contributed by atoms with Gasteiger partial charge in [-0.3, -0.25) is 14.9 Å². The summed E-state index contributed by atoms with van der Waals surface area (Å²) in [5, 5.41) is 8.05. The van der Waals surface area contributed by atoms with Gasteiger partial charge in [-0.25, -0.2) is 4.98 Å². The summed E-state index contributed by atoms with van der Waals surface area (Å²) in [6.07, 6.45) is 1.60. The Bertz CT molecular complexity index is 945. The molecule has 0 aliphatic heterocycles. The van der Waals surface area contributed by atoms with Crippen LogP contribution in [0.1, 0.15) is 20.7 Å². The molecule has 0 aliphatic rings. The first-order valence-electron chi connectivity index (χ1n) is 7.53. The topological polar surface area (TPSA) is 80.3 Å². The standard InChI is InChI=1S/C18H14ClN3O3S/c1-25-15-10-11(21-16(23)12-4-2-3-5-14(12)19)6-7-13(15)17(24)22-18-20-8-9-26-18/h2-10H,1H3,(H,21,23)(H,20,22,24). The number of thiazole rings is 1. The highest BCUT2D eigenvalue weighted by molar-refractivity contribution is 7.13. The summed E-state index contributed by atoms with van der Waals surface area (Å²) in [5.74, 6) is -0.366. The maximum atomic E-state index is 12.4. The first kappa shape index (κ1) is 17.9. The van der Waals surface area contributed by atoms with Crippen molar-refractivity contribution in [2.24, 2.45) is 0 Å². The third kappa shape index (κ3) is 4.01. The van der Waals surface area contributed by atoms with Gasteiger partial charge in [0.2, 0.25) is 0 Å². The van der Waals surface area contributed by atoms with Crippen LogP contribution in [0, 0.1) is 0 Å². The number of ether oxygens (including phenoxy) is 1. The van der Waals surface area contributed by atoms with E-state index in [1.165, 1.54) is 18.4 Å². The molecule has 0 atom stereocenters. The predicted molar refractivity (Wildman–Crippen MR) is 102 cm³/mol. The van der Waals surface area contributed by atoms with E-state index in [0.717, 1.165) is 0 Å². The van der Waals surface area contributed by atoms with E-state index in [2.05, 4.69) is 15.6 Å². The summed E-state index contributed by atoms with van der Waals surface area (Å²) in [7, 11) is 1.45. The molecule has 2 N–H and O–H groups in total. The SMILES string of the molecule is COc1cc(NC(=O)c2ccccc2Cl)ccc1C(=O)Nc1nccs1. The number of carbonyl (C=O) groups is 2. The number of methoxy groups -OCH3 is 1. The van der Waals surface area contributed by atoms with E-state index in [1.807, 2.05) is 0 Å². The van der Waals surface area contributed by atoms with Crippen molar-refractivity contribution in [2.45, 2.75) is 0 Å². The van der Waals surface area contributed by atoms with Crippen LogP contribution in [0.5, 0.6) is 5.75 Å². The van der Waals surface area contributed by atoms with Crippen LogP contribution in [0.25, 0.3) is 0 Å². The monoisotopic (exact) mass is 387 g/mol. The van der Waals surface area contributed by atoms with E-state index in [1.54, 1.807) is 54.0 Å². The molecule has 0 unspecified atom stereocenters. The quantitative estimate of drug-likeness (QED) is 0.683. The van der Waals surface area contributed by atoms with Gasteiger partial charge in [0.25, 0.3) is 11.8 Å². The first-order chi connectivity index (χ1) is 12.6. The van der Waals surface area contributed by atoms with E-state index in [0.29, 0.717) is 32.7 Å². The Kier molecular flexibility index (Phi) is 5.50. The zero-order valence-electron chi connectivity index (χ0n) is 13.7. The number of anilines is 2. The molecule has 0 bridgehead atoms. The minimum Gasteiger partial charge on any atom is -0.496 e. The Morgan fingerprint density at radius 3 is 2.54 bits per heavy atom. The fourth-order valence-corrected chi connectivity index (χ4v) is 3.00. The molecule has 0 aliphatic carbocycles. The van der Waals surface area contributed by atoms with Crippen LogP contribution in [0.4, 0.5) is 10.8 Å². The van der Waals surface area contributed by atoms with Crippen LogP contribution in [-0.2, 0) is 0 Å². The molecule has 0 saturated heterocycles. The van der Waals surface area contributed by atoms with Gasteiger partial charge in [0, 0.05) is 23.3 Å². The van der Waals surface area contributed by atoms with Gasteiger partial charge in [-0.1, -0.05) is 23.7 Å². The molecule has 0 radical (unpaired) electrons. The van der Waals surface area contributed by atoms with Gasteiger partial charge in [-0.05, 0) is 24.3 Å². The Labute approximate surface area is 158 Å². The van der Waals surface area contributed by atoms with Crippen molar-refractivity contribution in [3.8, 4) is 5.75 Å². The number of benzene rings is 2. The average Bonchev–Trinajstić information content (AvgIpc) is 3.14. The molecule has 0 fully saturated rings. The van der Waals surface area contributed by atoms with Crippen molar-refractivity contribution in [2.75, 3.05) is 17.7 Å². The summed E-state index contributed by atoms with van der Waals surface area (Å²) >= 11 is 7.35. The molecule has 2 amide bonds. The number of halogens is 1. The lowest BCUT2D eigenvalue weighted by molar-refractivity contribution is 0.101. The van der Waals surface area contributed by atoms with Gasteiger partial charge < -0.3 is 10.1 Å². The first-order valence-corrected chi connectivity index (χ1v) is 8.79. The van der Waals surface area contributed by atoms with Gasteiger partial charge >= 0.3 is 0 Å². The molecule has 0 spiro atoms. The number of hydrogen-bond acceptors (Lipinski definition) is 5. The minimum absolute atomic E-state index is 0.330. The molecule has 2 aromatic carbocycles. The summed E-state index contributed by atoms with van der Waals surface area (Å²) in [5.41, 5.74) is 1.18. The molecule has 132 valence electrons. The van der Waals surface area contributed by atoms with E-state index in [4.69, 9.17) is 16.3 Å². The lowest BCUT2D eigenvalue weighted by atomic mass is 10.1. The van der Waals surface area contributed by atoms with Gasteiger partial charge in [0.1, 0.15) is 5.75 Å². The van der Waals surface area contributed by atoms with E-state index < -0.39 is 0 Å². The fourth-order valence-electron chi connectivity index (χ4n) is 2.25. The Morgan fingerprint density at radius 1 is 1.08 bits per heavy atom. The zero-order chi connectivity index (χ0) is 18.5. The largest absolute Gasteiger partial charge is 0.496 e. The Balaban J connectivity index is 1.79. The minimum atomic E-state index is -0.349. The van der Waals surface area contributed by atoms with Crippen molar-refractivity contribution in [1.29, 1.82) is 0 Å². The Hall–Kier alpha value is -2.90. The molecule has 1 heterocycles. The third-order valence-electron chi connectivity index (χ3n) is 3.48. The van der Waals surface area contributed by atoms with E-state index >= 15 is 0 Å². The normalized spacial score (nSPS) is 10.2. The van der Waals surface area contributed by atoms with Crippen molar-refractivity contribution in [1.82, 2.24) is 4.98 Å². The summed E-state index contributed by atoms with van der Waals surface area (Å²) < 4.78 is 5.28. The number of nitrogens with one attached hydrogen (secondary N) is 2. The number of hydrogen-bond donors (Lipinski definition) is 2. The van der Waals surface area contributed by atoms with Crippen molar-refractivity contribution >= 4 is 45.6 Å². The van der Waals surface area contributed by atoms with E-state index in [-0.39, 0.29) is 11.8 Å². The summed E-state index contributed by atoms with van der Waals surface area (Å²) in [6.45, 7) is 0. The zero-order valence-corrected chi connectivity index (χ0v) is 15.2. The highest BCUT2D eigenvalue weighted by Gasteiger charge is 2.16. The highest BCUT2D eigenvalue weighted by atomic mass is 35.5. The smallest absolute Gasteiger partial charge is 0.261 e. The summed E-state index contributed by atoms with van der Waals surface area (Å²) in [4.78, 5) is 28.7. The van der Waals surface area contributed by atoms with Gasteiger partial charge in [0.15, 0.2) is 5.13 Å². The van der Waals surface area contributed by atoms with Crippen LogP contribution in [0.3, 0.4) is 0 Å². The Morgan fingerprint density at radius 2 is 1.85 bits per heavy atom. The molecular formula is C18H14ClN3O3S. The van der Waals surface area contributed by atoms with Crippen molar-refractivity contribution in [3.63, 3.8) is 0 Å². The third-order valence-corrected chi connectivity index (χ3v) is 4.49. The molecule has 0 saturated carbocycles. The average molecular weight is 388 g/mol. The summed E-state index contributed by atoms with van der Waals surface area (Å²) in [6, 6.07) is 11.5. The molecule has 1 aromatic heterocycles. The van der Waals surface area contributed by atoms with Crippen molar-refractivity contribution in [3.05, 3.63) is 70.2 Å². The van der Waals surface area contributed by atoms with Crippen molar-refractivity contribution < 1.29 is 14.3 Å². The van der Waals surface area contributed by atoms with Crippen LogP contribution in [-0.4, -0.2) is 23.9 Å². The van der Waals surface area contributed by atoms with Gasteiger partial charge in [-0.2, -0.15) is 0 Å². The number of nitrogens with zero attached hydrogens (tertiary/aromatic N) is 1. The number of aromatic nitrogens is 1. The second-order valence-electron chi connectivity index (χ2n) is 5.14. The number of rotatable bonds is 5.